The van der Waals surface area contributed by atoms with Gasteiger partial charge in [-0.3, -0.25) is 0 Å². The van der Waals surface area contributed by atoms with E-state index in [1.807, 2.05) is 6.92 Å². The van der Waals surface area contributed by atoms with Gasteiger partial charge in [-0.1, -0.05) is 12.8 Å². The summed E-state index contributed by atoms with van der Waals surface area (Å²) in [5, 5.41) is 14.8. The molecule has 3 N–H and O–H groups in total. The molecule has 0 aliphatic heterocycles. The Morgan fingerprint density at radius 1 is 1.36 bits per heavy atom. The molecule has 0 atom stereocenters. The zero-order chi connectivity index (χ0) is 10.4. The number of aliphatic hydroxyl groups excluding tert-OH is 1. The molecule has 0 saturated heterocycles. The van der Waals surface area contributed by atoms with Crippen LogP contribution in [-0.4, -0.2) is 30.8 Å². The van der Waals surface area contributed by atoms with Gasteiger partial charge in [-0.2, -0.15) is 0 Å². The van der Waals surface area contributed by atoms with Crippen molar-refractivity contribution in [1.29, 1.82) is 0 Å². The van der Waals surface area contributed by atoms with Crippen molar-refractivity contribution in [3.8, 4) is 0 Å². The number of rotatable bonds is 4. The van der Waals surface area contributed by atoms with Crippen molar-refractivity contribution in [2.45, 2.75) is 32.6 Å². The lowest BCUT2D eigenvalue weighted by Gasteiger charge is -2.26. The minimum atomic E-state index is -0.132. The highest BCUT2D eigenvalue weighted by Crippen LogP contribution is 2.36. The molecule has 1 rings (SSSR count). The molecule has 1 saturated carbocycles. The van der Waals surface area contributed by atoms with E-state index in [9.17, 15) is 9.90 Å². The van der Waals surface area contributed by atoms with Gasteiger partial charge in [0.05, 0.1) is 6.61 Å². The summed E-state index contributed by atoms with van der Waals surface area (Å²) < 4.78 is 0. The second kappa shape index (κ2) is 5.20. The molecule has 0 aromatic rings. The molecule has 1 aliphatic rings. The van der Waals surface area contributed by atoms with Crippen LogP contribution >= 0.6 is 0 Å². The lowest BCUT2D eigenvalue weighted by molar-refractivity contribution is 0.130. The van der Waals surface area contributed by atoms with E-state index in [0.717, 1.165) is 25.7 Å². The summed E-state index contributed by atoms with van der Waals surface area (Å²) in [6.45, 7) is 3.30. The van der Waals surface area contributed by atoms with E-state index in [1.165, 1.54) is 0 Å². The van der Waals surface area contributed by atoms with Crippen LogP contribution in [0.1, 0.15) is 32.6 Å². The number of aliphatic hydroxyl groups is 1. The van der Waals surface area contributed by atoms with Crippen LogP contribution in [0.4, 0.5) is 4.79 Å². The number of hydrogen-bond donors (Lipinski definition) is 3. The van der Waals surface area contributed by atoms with Crippen molar-refractivity contribution in [3.63, 3.8) is 0 Å². The van der Waals surface area contributed by atoms with Crippen LogP contribution in [0.2, 0.25) is 0 Å². The second-order valence-corrected chi connectivity index (χ2v) is 4.08. The lowest BCUT2D eigenvalue weighted by Crippen LogP contribution is -2.43. The average Bonchev–Trinajstić information content (AvgIpc) is 2.65. The molecule has 0 unspecified atom stereocenters. The van der Waals surface area contributed by atoms with E-state index < -0.39 is 0 Å². The normalized spacial score (nSPS) is 19.3. The molecule has 0 radical (unpaired) electrons. The van der Waals surface area contributed by atoms with Crippen LogP contribution in [0, 0.1) is 5.41 Å². The average molecular weight is 200 g/mol. The van der Waals surface area contributed by atoms with Crippen molar-refractivity contribution in [2.75, 3.05) is 19.7 Å². The topological polar surface area (TPSA) is 61.4 Å². The summed E-state index contributed by atoms with van der Waals surface area (Å²) in [6.07, 6.45) is 4.38. The summed E-state index contributed by atoms with van der Waals surface area (Å²) in [7, 11) is 0. The summed E-state index contributed by atoms with van der Waals surface area (Å²) in [5.41, 5.74) is -0.0505. The third-order valence-corrected chi connectivity index (χ3v) is 2.96. The Balaban J connectivity index is 2.30. The number of carbonyl (C=O) groups excluding carboxylic acids is 1. The van der Waals surface area contributed by atoms with Crippen LogP contribution in [0.5, 0.6) is 0 Å². The number of urea groups is 1. The number of amides is 2. The molecule has 0 heterocycles. The molecular weight excluding hydrogens is 180 g/mol. The first-order chi connectivity index (χ1) is 6.72. The molecule has 4 heteroatoms. The molecule has 2 amide bonds. The minimum absolute atomic E-state index is 0.0505. The number of hydrogen-bond acceptors (Lipinski definition) is 2. The van der Waals surface area contributed by atoms with E-state index in [4.69, 9.17) is 0 Å². The van der Waals surface area contributed by atoms with Crippen molar-refractivity contribution < 1.29 is 9.90 Å². The first-order valence-electron chi connectivity index (χ1n) is 5.35. The van der Waals surface area contributed by atoms with E-state index in [0.29, 0.717) is 13.1 Å². The maximum atomic E-state index is 11.2. The minimum Gasteiger partial charge on any atom is -0.396 e. The Hall–Kier alpha value is -0.770. The molecule has 14 heavy (non-hydrogen) atoms. The fraction of sp³-hybridized carbons (Fsp3) is 0.900. The predicted molar refractivity (Wildman–Crippen MR) is 55.1 cm³/mol. The maximum absolute atomic E-state index is 11.2. The van der Waals surface area contributed by atoms with Crippen LogP contribution in [0.15, 0.2) is 0 Å². The molecule has 0 aromatic carbocycles. The van der Waals surface area contributed by atoms with Crippen LogP contribution < -0.4 is 10.6 Å². The molecule has 82 valence electrons. The Labute approximate surface area is 85.1 Å². The van der Waals surface area contributed by atoms with E-state index in [1.54, 1.807) is 0 Å². The van der Waals surface area contributed by atoms with Gasteiger partial charge in [-0.15, -0.1) is 0 Å². The fourth-order valence-electron chi connectivity index (χ4n) is 2.01. The first-order valence-corrected chi connectivity index (χ1v) is 5.35. The summed E-state index contributed by atoms with van der Waals surface area (Å²) in [5.74, 6) is 0. The van der Waals surface area contributed by atoms with Gasteiger partial charge in [0, 0.05) is 18.5 Å². The number of nitrogens with one attached hydrogen (secondary N) is 2. The fourth-order valence-corrected chi connectivity index (χ4v) is 2.01. The quantitative estimate of drug-likeness (QED) is 0.630. The smallest absolute Gasteiger partial charge is 0.314 e. The van der Waals surface area contributed by atoms with Crippen molar-refractivity contribution >= 4 is 6.03 Å². The Bertz CT molecular complexity index is 189. The van der Waals surface area contributed by atoms with E-state index in [-0.39, 0.29) is 18.1 Å². The lowest BCUT2D eigenvalue weighted by atomic mass is 9.87. The van der Waals surface area contributed by atoms with Crippen LogP contribution in [0.3, 0.4) is 0 Å². The van der Waals surface area contributed by atoms with Gasteiger partial charge in [-0.25, -0.2) is 4.79 Å². The Morgan fingerprint density at radius 3 is 2.50 bits per heavy atom. The van der Waals surface area contributed by atoms with Crippen LogP contribution in [0.25, 0.3) is 0 Å². The third-order valence-electron chi connectivity index (χ3n) is 2.96. The molecular formula is C10H20N2O2. The highest BCUT2D eigenvalue weighted by Gasteiger charge is 2.33. The Morgan fingerprint density at radius 2 is 2.00 bits per heavy atom. The molecule has 1 aliphatic carbocycles. The van der Waals surface area contributed by atoms with Crippen molar-refractivity contribution in [3.05, 3.63) is 0 Å². The SMILES string of the molecule is CCNC(=O)NCC1(CO)CCCC1. The van der Waals surface area contributed by atoms with Gasteiger partial charge in [0.1, 0.15) is 0 Å². The second-order valence-electron chi connectivity index (χ2n) is 4.08. The molecule has 0 aromatic heterocycles. The van der Waals surface area contributed by atoms with Gasteiger partial charge >= 0.3 is 6.03 Å². The zero-order valence-electron chi connectivity index (χ0n) is 8.81. The number of carbonyl (C=O) groups is 1. The highest BCUT2D eigenvalue weighted by molar-refractivity contribution is 5.73. The van der Waals surface area contributed by atoms with E-state index >= 15 is 0 Å². The Kier molecular flexibility index (Phi) is 4.20. The largest absolute Gasteiger partial charge is 0.396 e. The first kappa shape index (κ1) is 11.3. The molecule has 0 bridgehead atoms. The van der Waals surface area contributed by atoms with Gasteiger partial charge in [0.15, 0.2) is 0 Å². The predicted octanol–water partition coefficient (Wildman–Crippen LogP) is 0.858. The van der Waals surface area contributed by atoms with Crippen LogP contribution in [-0.2, 0) is 0 Å². The van der Waals surface area contributed by atoms with Crippen molar-refractivity contribution in [1.82, 2.24) is 10.6 Å². The zero-order valence-corrected chi connectivity index (χ0v) is 8.81. The van der Waals surface area contributed by atoms with Crippen molar-refractivity contribution in [2.24, 2.45) is 5.41 Å². The molecule has 1 fully saturated rings. The van der Waals surface area contributed by atoms with Gasteiger partial charge in [0.25, 0.3) is 0 Å². The maximum Gasteiger partial charge on any atom is 0.314 e. The van der Waals surface area contributed by atoms with Gasteiger partial charge in [-0.05, 0) is 19.8 Å². The highest BCUT2D eigenvalue weighted by atomic mass is 16.3. The van der Waals surface area contributed by atoms with Gasteiger partial charge < -0.3 is 15.7 Å². The summed E-state index contributed by atoms with van der Waals surface area (Å²) in [4.78, 5) is 11.2. The standard InChI is InChI=1S/C10H20N2O2/c1-2-11-9(14)12-7-10(8-13)5-3-4-6-10/h13H,2-8H2,1H3,(H2,11,12,14). The van der Waals surface area contributed by atoms with E-state index in [2.05, 4.69) is 10.6 Å². The molecule has 4 nitrogen and oxygen atoms in total. The third kappa shape index (κ3) is 2.87. The monoisotopic (exact) mass is 200 g/mol. The van der Waals surface area contributed by atoms with Gasteiger partial charge in [0.2, 0.25) is 0 Å². The summed E-state index contributed by atoms with van der Waals surface area (Å²) >= 11 is 0. The summed E-state index contributed by atoms with van der Waals surface area (Å²) in [6, 6.07) is -0.132. The molecule has 0 spiro atoms.